The molecular weight excluding hydrogens is 408 g/mol. The number of halogens is 2. The molecule has 1 saturated heterocycles. The molecule has 162 valence electrons. The number of aliphatic hydroxyl groups excluding tert-OH is 2. The molecule has 3 unspecified atom stereocenters. The second-order valence-corrected chi connectivity index (χ2v) is 6.39. The maximum absolute atomic E-state index is 14.2. The van der Waals surface area contributed by atoms with Gasteiger partial charge in [0.2, 0.25) is 6.23 Å². The van der Waals surface area contributed by atoms with E-state index in [9.17, 15) is 23.5 Å². The summed E-state index contributed by atoms with van der Waals surface area (Å²) in [6.07, 6.45) is -5.06. The lowest BCUT2D eigenvalue weighted by Crippen LogP contribution is -2.41. The summed E-state index contributed by atoms with van der Waals surface area (Å²) in [4.78, 5) is 28.3. The van der Waals surface area contributed by atoms with Gasteiger partial charge in [0.25, 0.3) is 5.91 Å². The average Bonchev–Trinajstić information content (AvgIpc) is 2.96. The average molecular weight is 427 g/mol. The first-order valence-electron chi connectivity index (χ1n) is 8.67. The van der Waals surface area contributed by atoms with Crippen molar-refractivity contribution in [3.63, 3.8) is 0 Å². The van der Waals surface area contributed by atoms with E-state index in [4.69, 9.17) is 19.3 Å². The number of carbonyl (C=O) groups excluding carboxylic acids is 1. The molecule has 1 aliphatic heterocycles. The number of nitrogens with zero attached hydrogens (tertiary/aromatic N) is 2. The van der Waals surface area contributed by atoms with Crippen LogP contribution in [0.4, 0.5) is 14.6 Å². The summed E-state index contributed by atoms with van der Waals surface area (Å²) in [6, 6.07) is 5.55. The largest absolute Gasteiger partial charge is 0.497 e. The fourth-order valence-corrected chi connectivity index (χ4v) is 2.91. The smallest absolute Gasteiger partial charge is 0.351 e. The summed E-state index contributed by atoms with van der Waals surface area (Å²) < 4.78 is 44.0. The van der Waals surface area contributed by atoms with Crippen molar-refractivity contribution in [3.05, 3.63) is 46.5 Å². The van der Waals surface area contributed by atoms with Crippen LogP contribution in [-0.4, -0.2) is 64.6 Å². The Morgan fingerprint density at radius 3 is 2.43 bits per heavy atom. The van der Waals surface area contributed by atoms with E-state index in [1.807, 2.05) is 0 Å². The van der Waals surface area contributed by atoms with Crippen LogP contribution in [0.2, 0.25) is 0 Å². The Balaban J connectivity index is 1.83. The first-order valence-corrected chi connectivity index (χ1v) is 8.67. The van der Waals surface area contributed by atoms with Gasteiger partial charge < -0.3 is 29.7 Å². The number of aromatic nitrogens is 2. The number of ether oxygens (including phenoxy) is 3. The second kappa shape index (κ2) is 8.34. The Labute approximate surface area is 168 Å². The maximum atomic E-state index is 14.2. The van der Waals surface area contributed by atoms with Gasteiger partial charge in [0.15, 0.2) is 6.10 Å². The number of rotatable bonds is 6. The fraction of sp³-hybridized carbons (Fsp3) is 0.389. The Morgan fingerprint density at radius 1 is 1.30 bits per heavy atom. The molecule has 30 heavy (non-hydrogen) atoms. The van der Waals surface area contributed by atoms with E-state index in [0.717, 1.165) is 12.3 Å². The van der Waals surface area contributed by atoms with Crippen LogP contribution in [0.15, 0.2) is 35.3 Å². The van der Waals surface area contributed by atoms with Crippen molar-refractivity contribution < 1.29 is 38.0 Å². The van der Waals surface area contributed by atoms with Gasteiger partial charge >= 0.3 is 11.6 Å². The minimum Gasteiger partial charge on any atom is -0.497 e. The molecule has 0 radical (unpaired) electrons. The van der Waals surface area contributed by atoms with Gasteiger partial charge in [-0.05, 0) is 18.2 Å². The lowest BCUT2D eigenvalue weighted by molar-refractivity contribution is -0.140. The molecule has 3 atom stereocenters. The van der Waals surface area contributed by atoms with Crippen LogP contribution in [0.3, 0.4) is 0 Å². The molecule has 0 bridgehead atoms. The summed E-state index contributed by atoms with van der Waals surface area (Å²) in [5.74, 6) is -3.94. The number of hydrogen-bond donors (Lipinski definition) is 3. The van der Waals surface area contributed by atoms with Crippen molar-refractivity contribution in [3.8, 4) is 11.5 Å². The quantitative estimate of drug-likeness (QED) is 0.604. The third kappa shape index (κ3) is 3.97. The highest BCUT2D eigenvalue weighted by Gasteiger charge is 2.59. The number of aliphatic hydroxyl groups is 2. The van der Waals surface area contributed by atoms with E-state index in [0.29, 0.717) is 16.1 Å². The van der Waals surface area contributed by atoms with Crippen molar-refractivity contribution in [2.75, 3.05) is 26.1 Å². The maximum Gasteiger partial charge on any atom is 0.351 e. The van der Waals surface area contributed by atoms with E-state index in [-0.39, 0.29) is 11.4 Å². The van der Waals surface area contributed by atoms with Crippen molar-refractivity contribution in [1.29, 1.82) is 0 Å². The van der Waals surface area contributed by atoms with Gasteiger partial charge in [-0.15, -0.1) is 0 Å². The molecular formula is C18H19F2N3O7. The molecule has 2 heterocycles. The number of nitrogens with one attached hydrogen (secondary N) is 1. The molecule has 3 rings (SSSR count). The minimum absolute atomic E-state index is 0.150. The van der Waals surface area contributed by atoms with Crippen molar-refractivity contribution >= 4 is 11.7 Å². The van der Waals surface area contributed by atoms with E-state index in [1.165, 1.54) is 26.4 Å². The molecule has 1 aromatic carbocycles. The molecule has 0 aliphatic carbocycles. The number of carbonyl (C=O) groups is 1. The lowest BCUT2D eigenvalue weighted by atomic mass is 10.1. The number of anilines is 1. The Bertz CT molecular complexity index is 976. The van der Waals surface area contributed by atoms with Crippen LogP contribution in [0, 0.1) is 0 Å². The van der Waals surface area contributed by atoms with E-state index < -0.39 is 42.6 Å². The molecule has 1 aliphatic rings. The number of methoxy groups -OCH3 is 2. The molecule has 1 fully saturated rings. The zero-order valence-electron chi connectivity index (χ0n) is 15.9. The molecule has 0 saturated carbocycles. The standard InChI is InChI=1S/C18H19F2N3O7/c1-28-10-5-9(6-11(7-10)29-2)15(26)21-13-3-4-23(17(27)22-13)16-18(19,20)14(25)12(8-24)30-16/h3-7,12,14,16,24-25H,8H2,1-2H3,(H,21,22,26,27). The number of benzene rings is 1. The highest BCUT2D eigenvalue weighted by molar-refractivity contribution is 6.04. The van der Waals surface area contributed by atoms with Crippen LogP contribution in [0.1, 0.15) is 16.6 Å². The van der Waals surface area contributed by atoms with Gasteiger partial charge in [-0.3, -0.25) is 9.36 Å². The van der Waals surface area contributed by atoms with Gasteiger partial charge in [-0.2, -0.15) is 13.8 Å². The molecule has 0 spiro atoms. The Kier molecular flexibility index (Phi) is 6.01. The highest BCUT2D eigenvalue weighted by Crippen LogP contribution is 2.42. The van der Waals surface area contributed by atoms with Gasteiger partial charge in [0.1, 0.15) is 23.4 Å². The van der Waals surface area contributed by atoms with Crippen molar-refractivity contribution in [2.45, 2.75) is 24.4 Å². The number of alkyl halides is 2. The van der Waals surface area contributed by atoms with Gasteiger partial charge in [0, 0.05) is 17.8 Å². The molecule has 12 heteroatoms. The molecule has 2 aromatic rings. The summed E-state index contributed by atoms with van der Waals surface area (Å²) in [6.45, 7) is -0.854. The summed E-state index contributed by atoms with van der Waals surface area (Å²) in [5.41, 5.74) is -0.997. The predicted molar refractivity (Wildman–Crippen MR) is 97.9 cm³/mol. The van der Waals surface area contributed by atoms with E-state index >= 15 is 0 Å². The SMILES string of the molecule is COc1cc(OC)cc(C(=O)Nc2ccn(C3OC(CO)C(O)C3(F)F)c(=O)n2)c1. The molecule has 3 N–H and O–H groups in total. The second-order valence-electron chi connectivity index (χ2n) is 6.39. The zero-order chi connectivity index (χ0) is 22.1. The lowest BCUT2D eigenvalue weighted by Gasteiger charge is -2.21. The Hall–Kier alpha value is -3.09. The van der Waals surface area contributed by atoms with E-state index in [2.05, 4.69) is 10.3 Å². The normalized spacial score (nSPS) is 22.5. The van der Waals surface area contributed by atoms with Crippen LogP contribution in [-0.2, 0) is 4.74 Å². The molecule has 1 amide bonds. The topological polar surface area (TPSA) is 132 Å². The number of amides is 1. The first kappa shape index (κ1) is 21.6. The fourth-order valence-electron chi connectivity index (χ4n) is 2.91. The van der Waals surface area contributed by atoms with Crippen LogP contribution in [0.5, 0.6) is 11.5 Å². The van der Waals surface area contributed by atoms with E-state index in [1.54, 1.807) is 6.07 Å². The molecule has 1 aromatic heterocycles. The van der Waals surface area contributed by atoms with Crippen LogP contribution >= 0.6 is 0 Å². The summed E-state index contributed by atoms with van der Waals surface area (Å²) in [5, 5.41) is 21.0. The van der Waals surface area contributed by atoms with Gasteiger partial charge in [-0.1, -0.05) is 0 Å². The predicted octanol–water partition coefficient (Wildman–Crippen LogP) is 0.399. The zero-order valence-corrected chi connectivity index (χ0v) is 15.9. The van der Waals surface area contributed by atoms with Crippen LogP contribution in [0.25, 0.3) is 0 Å². The van der Waals surface area contributed by atoms with Gasteiger partial charge in [-0.25, -0.2) is 4.79 Å². The van der Waals surface area contributed by atoms with Crippen molar-refractivity contribution in [1.82, 2.24) is 9.55 Å². The summed E-state index contributed by atoms with van der Waals surface area (Å²) >= 11 is 0. The third-order valence-corrected chi connectivity index (χ3v) is 4.50. The highest BCUT2D eigenvalue weighted by atomic mass is 19.3. The number of hydrogen-bond acceptors (Lipinski definition) is 8. The monoisotopic (exact) mass is 427 g/mol. The van der Waals surface area contributed by atoms with Crippen molar-refractivity contribution in [2.24, 2.45) is 0 Å². The molecule has 10 nitrogen and oxygen atoms in total. The minimum atomic E-state index is -3.83. The van der Waals surface area contributed by atoms with Crippen LogP contribution < -0.4 is 20.5 Å². The van der Waals surface area contributed by atoms with Gasteiger partial charge in [0.05, 0.1) is 20.8 Å². The third-order valence-electron chi connectivity index (χ3n) is 4.50. The Morgan fingerprint density at radius 2 is 1.93 bits per heavy atom. The first-order chi connectivity index (χ1) is 14.2. The summed E-state index contributed by atoms with van der Waals surface area (Å²) in [7, 11) is 2.83.